The second kappa shape index (κ2) is 6.49. The van der Waals surface area contributed by atoms with Gasteiger partial charge in [0.2, 0.25) is 0 Å². The van der Waals surface area contributed by atoms with E-state index in [0.29, 0.717) is 5.69 Å². The van der Waals surface area contributed by atoms with Crippen LogP contribution in [0.25, 0.3) is 10.9 Å². The standard InChI is InChI=1S/C18H14ClN3O3/c1-10-6-15(20)13-7-11(2-5-16(13)21-10)8-18(23)12-3-4-14(19)17(9-12)22(24)25/h2-7,9H,8H2,1H3,(H2,20,21). The smallest absolute Gasteiger partial charge is 0.288 e. The van der Waals surface area contributed by atoms with Crippen LogP contribution in [0, 0.1) is 17.0 Å². The first-order chi connectivity index (χ1) is 11.8. The van der Waals surface area contributed by atoms with E-state index in [2.05, 4.69) is 4.98 Å². The summed E-state index contributed by atoms with van der Waals surface area (Å²) in [6, 6.07) is 11.2. The molecule has 0 saturated heterocycles. The molecule has 1 aromatic heterocycles. The first-order valence-electron chi connectivity index (χ1n) is 7.48. The Morgan fingerprint density at radius 2 is 2.00 bits per heavy atom. The number of pyridine rings is 1. The van der Waals surface area contributed by atoms with Gasteiger partial charge in [0, 0.05) is 34.8 Å². The molecule has 0 unspecified atom stereocenters. The lowest BCUT2D eigenvalue weighted by Gasteiger charge is -2.07. The summed E-state index contributed by atoms with van der Waals surface area (Å²) >= 11 is 5.78. The normalized spacial score (nSPS) is 10.8. The predicted molar refractivity (Wildman–Crippen MR) is 97.0 cm³/mol. The number of aromatic nitrogens is 1. The molecule has 0 fully saturated rings. The van der Waals surface area contributed by atoms with Gasteiger partial charge in [-0.3, -0.25) is 19.9 Å². The Hall–Kier alpha value is -2.99. The number of ketones is 1. The number of nitro groups is 1. The minimum Gasteiger partial charge on any atom is -0.398 e. The minimum absolute atomic E-state index is 0.00136. The second-order valence-corrected chi connectivity index (χ2v) is 6.13. The zero-order valence-corrected chi connectivity index (χ0v) is 14.1. The number of fused-ring (bicyclic) bond motifs is 1. The summed E-state index contributed by atoms with van der Waals surface area (Å²) in [6.07, 6.45) is 0.0992. The lowest BCUT2D eigenvalue weighted by Crippen LogP contribution is -2.05. The number of aryl methyl sites for hydroxylation is 1. The third-order valence-electron chi connectivity index (χ3n) is 3.86. The van der Waals surface area contributed by atoms with Crippen LogP contribution >= 0.6 is 11.6 Å². The molecule has 0 radical (unpaired) electrons. The van der Waals surface area contributed by atoms with Crippen LogP contribution in [0.4, 0.5) is 11.4 Å². The van der Waals surface area contributed by atoms with Crippen molar-refractivity contribution in [2.24, 2.45) is 0 Å². The number of hydrogen-bond donors (Lipinski definition) is 1. The molecule has 0 aliphatic rings. The molecule has 0 aliphatic heterocycles. The first kappa shape index (κ1) is 16.9. The predicted octanol–water partition coefficient (Wildman–Crippen LogP) is 4.11. The number of carbonyl (C=O) groups excluding carboxylic acids is 1. The maximum absolute atomic E-state index is 12.5. The molecule has 3 aromatic rings. The molecule has 0 atom stereocenters. The average Bonchev–Trinajstić information content (AvgIpc) is 2.55. The molecule has 6 nitrogen and oxygen atoms in total. The van der Waals surface area contributed by atoms with E-state index < -0.39 is 4.92 Å². The molecule has 3 rings (SSSR count). The van der Waals surface area contributed by atoms with E-state index >= 15 is 0 Å². The van der Waals surface area contributed by atoms with Crippen LogP contribution in [0.2, 0.25) is 5.02 Å². The van der Waals surface area contributed by atoms with Gasteiger partial charge < -0.3 is 5.73 Å². The Balaban J connectivity index is 1.92. The van der Waals surface area contributed by atoms with Crippen molar-refractivity contribution in [3.63, 3.8) is 0 Å². The fraction of sp³-hybridized carbons (Fsp3) is 0.111. The average molecular weight is 356 g/mol. The number of nitrogens with zero attached hydrogens (tertiary/aromatic N) is 2. The first-order valence-corrected chi connectivity index (χ1v) is 7.86. The number of halogens is 1. The number of nitrogen functional groups attached to an aromatic ring is 1. The molecule has 2 aromatic carbocycles. The van der Waals surface area contributed by atoms with Gasteiger partial charge in [0.05, 0.1) is 10.4 Å². The number of Topliss-reactive ketones (excluding diaryl/α,β-unsaturated/α-hetero) is 1. The third kappa shape index (κ3) is 3.44. The number of benzene rings is 2. The molecule has 0 saturated carbocycles. The van der Waals surface area contributed by atoms with Crippen LogP contribution in [-0.4, -0.2) is 15.7 Å². The van der Waals surface area contributed by atoms with Gasteiger partial charge in [-0.2, -0.15) is 0 Å². The fourth-order valence-corrected chi connectivity index (χ4v) is 2.85. The Labute approximate surface area is 148 Å². The van der Waals surface area contributed by atoms with Crippen LogP contribution in [0.1, 0.15) is 21.6 Å². The van der Waals surface area contributed by atoms with Crippen LogP contribution < -0.4 is 5.73 Å². The van der Waals surface area contributed by atoms with Crippen molar-refractivity contribution in [3.05, 3.63) is 74.4 Å². The zero-order valence-electron chi connectivity index (χ0n) is 13.3. The quantitative estimate of drug-likeness (QED) is 0.431. The van der Waals surface area contributed by atoms with Gasteiger partial charge in [0.1, 0.15) is 5.02 Å². The minimum atomic E-state index is -0.607. The van der Waals surface area contributed by atoms with Crippen molar-refractivity contribution in [2.75, 3.05) is 5.73 Å². The van der Waals surface area contributed by atoms with E-state index in [-0.39, 0.29) is 28.5 Å². The molecule has 0 bridgehead atoms. The summed E-state index contributed by atoms with van der Waals surface area (Å²) < 4.78 is 0. The van der Waals surface area contributed by atoms with Gasteiger partial charge >= 0.3 is 0 Å². The van der Waals surface area contributed by atoms with E-state index in [9.17, 15) is 14.9 Å². The largest absolute Gasteiger partial charge is 0.398 e. The molecule has 126 valence electrons. The molecule has 25 heavy (non-hydrogen) atoms. The summed E-state index contributed by atoms with van der Waals surface area (Å²) in [4.78, 5) is 27.2. The van der Waals surface area contributed by atoms with Crippen molar-refractivity contribution in [1.29, 1.82) is 0 Å². The highest BCUT2D eigenvalue weighted by molar-refractivity contribution is 6.32. The monoisotopic (exact) mass is 355 g/mol. The number of carbonyl (C=O) groups is 1. The number of nitrogens with two attached hydrogens (primary N) is 1. The van der Waals surface area contributed by atoms with Gasteiger partial charge in [0.15, 0.2) is 5.78 Å². The molecular weight excluding hydrogens is 342 g/mol. The van der Waals surface area contributed by atoms with Gasteiger partial charge in [-0.15, -0.1) is 0 Å². The number of rotatable bonds is 4. The number of nitro benzene ring substituents is 1. The Bertz CT molecular complexity index is 1020. The van der Waals surface area contributed by atoms with E-state index in [1.165, 1.54) is 18.2 Å². The van der Waals surface area contributed by atoms with Gasteiger partial charge in [-0.25, -0.2) is 0 Å². The van der Waals surface area contributed by atoms with Gasteiger partial charge in [-0.1, -0.05) is 17.7 Å². The Morgan fingerprint density at radius 3 is 2.72 bits per heavy atom. The summed E-state index contributed by atoms with van der Waals surface area (Å²) in [5.74, 6) is -0.238. The highest BCUT2D eigenvalue weighted by Gasteiger charge is 2.17. The lowest BCUT2D eigenvalue weighted by molar-refractivity contribution is -0.384. The zero-order chi connectivity index (χ0) is 18.1. The third-order valence-corrected chi connectivity index (χ3v) is 4.18. The van der Waals surface area contributed by atoms with Gasteiger partial charge in [-0.05, 0) is 42.8 Å². The van der Waals surface area contributed by atoms with Crippen molar-refractivity contribution >= 4 is 39.7 Å². The number of anilines is 1. The molecule has 0 aliphatic carbocycles. The molecule has 0 spiro atoms. The van der Waals surface area contributed by atoms with Crippen LogP contribution in [-0.2, 0) is 6.42 Å². The van der Waals surface area contributed by atoms with Crippen molar-refractivity contribution in [2.45, 2.75) is 13.3 Å². The van der Waals surface area contributed by atoms with E-state index in [4.69, 9.17) is 17.3 Å². The van der Waals surface area contributed by atoms with Crippen LogP contribution in [0.15, 0.2) is 42.5 Å². The molecular formula is C18H14ClN3O3. The van der Waals surface area contributed by atoms with Gasteiger partial charge in [0.25, 0.3) is 5.69 Å². The second-order valence-electron chi connectivity index (χ2n) is 5.73. The lowest BCUT2D eigenvalue weighted by atomic mass is 10.0. The highest BCUT2D eigenvalue weighted by atomic mass is 35.5. The van der Waals surface area contributed by atoms with Crippen molar-refractivity contribution in [3.8, 4) is 0 Å². The fourth-order valence-electron chi connectivity index (χ4n) is 2.66. The highest BCUT2D eigenvalue weighted by Crippen LogP contribution is 2.26. The Kier molecular flexibility index (Phi) is 4.37. The molecule has 7 heteroatoms. The maximum atomic E-state index is 12.5. The molecule has 1 heterocycles. The maximum Gasteiger partial charge on any atom is 0.288 e. The van der Waals surface area contributed by atoms with Crippen LogP contribution in [0.5, 0.6) is 0 Å². The Morgan fingerprint density at radius 1 is 1.24 bits per heavy atom. The van der Waals surface area contributed by atoms with Crippen LogP contribution in [0.3, 0.4) is 0 Å². The summed E-state index contributed by atoms with van der Waals surface area (Å²) in [6.45, 7) is 1.86. The summed E-state index contributed by atoms with van der Waals surface area (Å²) in [7, 11) is 0. The van der Waals surface area contributed by atoms with E-state index in [1.54, 1.807) is 12.1 Å². The van der Waals surface area contributed by atoms with E-state index in [1.807, 2.05) is 19.1 Å². The SMILES string of the molecule is Cc1cc(N)c2cc(CC(=O)c3ccc(Cl)c([N+](=O)[O-])c3)ccc2n1. The summed E-state index contributed by atoms with van der Waals surface area (Å²) in [5, 5.41) is 11.7. The van der Waals surface area contributed by atoms with E-state index in [0.717, 1.165) is 22.2 Å². The molecule has 2 N–H and O–H groups in total. The number of hydrogen-bond acceptors (Lipinski definition) is 5. The topological polar surface area (TPSA) is 99.1 Å². The molecule has 0 amide bonds. The summed E-state index contributed by atoms with van der Waals surface area (Å²) in [5.41, 5.74) is 8.92. The van der Waals surface area contributed by atoms with Crippen molar-refractivity contribution in [1.82, 2.24) is 4.98 Å². The van der Waals surface area contributed by atoms with Crippen molar-refractivity contribution < 1.29 is 9.72 Å².